The highest BCUT2D eigenvalue weighted by Gasteiger charge is 2.37. The molecule has 0 fully saturated rings. The second-order valence-corrected chi connectivity index (χ2v) is 4.63. The summed E-state index contributed by atoms with van der Waals surface area (Å²) in [6, 6.07) is 5.92. The smallest absolute Gasteiger partial charge is 0.434 e. The summed E-state index contributed by atoms with van der Waals surface area (Å²) < 4.78 is 38.0. The molecule has 18 heavy (non-hydrogen) atoms. The van der Waals surface area contributed by atoms with Gasteiger partial charge >= 0.3 is 6.18 Å². The number of nitrogens with zero attached hydrogens (tertiary/aromatic N) is 1. The van der Waals surface area contributed by atoms with E-state index in [0.717, 1.165) is 11.3 Å². The molecule has 0 radical (unpaired) electrons. The van der Waals surface area contributed by atoms with Crippen LogP contribution in [0.2, 0.25) is 0 Å². The Morgan fingerprint density at radius 1 is 1.33 bits per heavy atom. The predicted molar refractivity (Wildman–Crippen MR) is 62.1 cm³/mol. The quantitative estimate of drug-likeness (QED) is 0.885. The fraction of sp³-hybridized carbons (Fsp3) is 0.182. The van der Waals surface area contributed by atoms with E-state index in [1.165, 1.54) is 12.1 Å². The molecule has 96 valence electrons. The van der Waals surface area contributed by atoms with Crippen LogP contribution in [-0.4, -0.2) is 10.1 Å². The summed E-state index contributed by atoms with van der Waals surface area (Å²) in [5.74, 6) is -0.0226. The number of aromatic nitrogens is 1. The lowest BCUT2D eigenvalue weighted by atomic mass is 10.2. The molecule has 0 bridgehead atoms. The highest BCUT2D eigenvalue weighted by Crippen LogP contribution is 2.37. The first-order chi connectivity index (χ1) is 8.41. The molecule has 7 heteroatoms. The summed E-state index contributed by atoms with van der Waals surface area (Å²) in [5, 5.41) is 9.49. The third-order valence-electron chi connectivity index (χ3n) is 2.24. The molecule has 1 heterocycles. The van der Waals surface area contributed by atoms with Gasteiger partial charge in [-0.05, 0) is 12.1 Å². The van der Waals surface area contributed by atoms with E-state index in [1.807, 2.05) is 0 Å². The Bertz CT molecular complexity index is 566. The lowest BCUT2D eigenvalue weighted by Gasteiger charge is -2.03. The number of hydrogen-bond donors (Lipinski definition) is 2. The first kappa shape index (κ1) is 12.8. The second-order valence-electron chi connectivity index (χ2n) is 3.54. The maximum Gasteiger partial charge on any atom is 0.434 e. The number of phenolic OH excluding ortho intramolecular Hbond substituents is 1. The maximum absolute atomic E-state index is 12.7. The van der Waals surface area contributed by atoms with Crippen molar-refractivity contribution in [2.24, 2.45) is 5.73 Å². The van der Waals surface area contributed by atoms with E-state index in [0.29, 0.717) is 5.56 Å². The number of aromatic hydroxyl groups is 1. The zero-order valence-corrected chi connectivity index (χ0v) is 9.85. The minimum atomic E-state index is -4.51. The molecule has 0 aliphatic heterocycles. The van der Waals surface area contributed by atoms with Gasteiger partial charge in [-0.15, -0.1) is 11.3 Å². The minimum absolute atomic E-state index is 0.0131. The van der Waals surface area contributed by atoms with Gasteiger partial charge in [0, 0.05) is 12.1 Å². The van der Waals surface area contributed by atoms with Gasteiger partial charge in [0.2, 0.25) is 0 Å². The molecule has 1 aromatic carbocycles. The van der Waals surface area contributed by atoms with Crippen molar-refractivity contribution in [3.8, 4) is 16.3 Å². The van der Waals surface area contributed by atoms with E-state index in [2.05, 4.69) is 4.98 Å². The van der Waals surface area contributed by atoms with Crippen LogP contribution in [0.15, 0.2) is 24.3 Å². The summed E-state index contributed by atoms with van der Waals surface area (Å²) in [5.41, 5.74) is 4.77. The summed E-state index contributed by atoms with van der Waals surface area (Å²) in [7, 11) is 0. The second kappa shape index (κ2) is 4.58. The Labute approximate surface area is 105 Å². The molecule has 0 aliphatic rings. The van der Waals surface area contributed by atoms with Gasteiger partial charge in [0.15, 0.2) is 5.69 Å². The minimum Gasteiger partial charge on any atom is -0.508 e. The summed E-state index contributed by atoms with van der Waals surface area (Å²) >= 11 is 0.881. The Morgan fingerprint density at radius 3 is 2.56 bits per heavy atom. The highest BCUT2D eigenvalue weighted by atomic mass is 32.1. The molecule has 3 N–H and O–H groups in total. The van der Waals surface area contributed by atoms with Crippen LogP contribution in [-0.2, 0) is 12.7 Å². The summed E-state index contributed by atoms with van der Waals surface area (Å²) in [6.07, 6.45) is -4.51. The van der Waals surface area contributed by atoms with Crippen LogP contribution < -0.4 is 5.73 Å². The van der Waals surface area contributed by atoms with Gasteiger partial charge in [0.25, 0.3) is 0 Å². The predicted octanol–water partition coefficient (Wildman–Crippen LogP) is 2.99. The largest absolute Gasteiger partial charge is 0.508 e. The topological polar surface area (TPSA) is 59.1 Å². The third kappa shape index (κ3) is 2.46. The number of hydrogen-bond acceptors (Lipinski definition) is 4. The lowest BCUT2D eigenvalue weighted by molar-refractivity contribution is -0.141. The van der Waals surface area contributed by atoms with Crippen molar-refractivity contribution in [1.82, 2.24) is 4.98 Å². The fourth-order valence-corrected chi connectivity index (χ4v) is 2.43. The summed E-state index contributed by atoms with van der Waals surface area (Å²) in [6.45, 7) is -0.217. The standard InChI is InChI=1S/C11H9F3N2OS/c12-11(13,14)9-8(5-15)18-10(16-9)6-2-1-3-7(17)4-6/h1-4,17H,5,15H2. The van der Waals surface area contributed by atoms with E-state index >= 15 is 0 Å². The van der Waals surface area contributed by atoms with Crippen molar-refractivity contribution in [1.29, 1.82) is 0 Å². The van der Waals surface area contributed by atoms with Crippen molar-refractivity contribution < 1.29 is 18.3 Å². The molecule has 0 spiro atoms. The van der Waals surface area contributed by atoms with Crippen LogP contribution in [0.1, 0.15) is 10.6 Å². The molecule has 0 unspecified atom stereocenters. The van der Waals surface area contributed by atoms with Gasteiger partial charge in [0.05, 0.1) is 4.88 Å². The van der Waals surface area contributed by atoms with E-state index < -0.39 is 11.9 Å². The van der Waals surface area contributed by atoms with Crippen molar-refractivity contribution in [3.63, 3.8) is 0 Å². The zero-order chi connectivity index (χ0) is 13.3. The van der Waals surface area contributed by atoms with Crippen molar-refractivity contribution in [2.75, 3.05) is 0 Å². The number of benzene rings is 1. The Kier molecular flexibility index (Phi) is 3.27. The molecule has 2 aromatic rings. The SMILES string of the molecule is NCc1sc(-c2cccc(O)c2)nc1C(F)(F)F. The monoisotopic (exact) mass is 274 g/mol. The number of alkyl halides is 3. The first-order valence-corrected chi connectivity index (χ1v) is 5.80. The first-order valence-electron chi connectivity index (χ1n) is 4.98. The fourth-order valence-electron chi connectivity index (χ4n) is 1.47. The Morgan fingerprint density at radius 2 is 2.06 bits per heavy atom. The van der Waals surface area contributed by atoms with Crippen LogP contribution in [0.25, 0.3) is 10.6 Å². The van der Waals surface area contributed by atoms with Crippen LogP contribution in [0, 0.1) is 0 Å². The Balaban J connectivity index is 2.51. The van der Waals surface area contributed by atoms with E-state index in [-0.39, 0.29) is 22.2 Å². The van der Waals surface area contributed by atoms with Gasteiger partial charge in [-0.25, -0.2) is 4.98 Å². The van der Waals surface area contributed by atoms with Gasteiger partial charge in [-0.1, -0.05) is 12.1 Å². The number of phenols is 1. The number of nitrogens with two attached hydrogens (primary N) is 1. The van der Waals surface area contributed by atoms with Gasteiger partial charge < -0.3 is 10.8 Å². The van der Waals surface area contributed by atoms with Crippen LogP contribution >= 0.6 is 11.3 Å². The molecule has 1 aromatic heterocycles. The van der Waals surface area contributed by atoms with Crippen molar-refractivity contribution in [2.45, 2.75) is 12.7 Å². The molecular formula is C11H9F3N2OS. The summed E-state index contributed by atoms with van der Waals surface area (Å²) in [4.78, 5) is 3.55. The highest BCUT2D eigenvalue weighted by molar-refractivity contribution is 7.15. The van der Waals surface area contributed by atoms with Crippen molar-refractivity contribution in [3.05, 3.63) is 34.8 Å². The van der Waals surface area contributed by atoms with E-state index in [9.17, 15) is 18.3 Å². The number of rotatable bonds is 2. The van der Waals surface area contributed by atoms with E-state index in [1.54, 1.807) is 12.1 Å². The average Bonchev–Trinajstić information content (AvgIpc) is 2.72. The van der Waals surface area contributed by atoms with E-state index in [4.69, 9.17) is 5.73 Å². The molecule has 0 aliphatic carbocycles. The molecule has 0 amide bonds. The number of halogens is 3. The average molecular weight is 274 g/mol. The molecule has 0 atom stereocenters. The van der Waals surface area contributed by atoms with Crippen molar-refractivity contribution >= 4 is 11.3 Å². The van der Waals surface area contributed by atoms with Crippen LogP contribution in [0.3, 0.4) is 0 Å². The van der Waals surface area contributed by atoms with Gasteiger partial charge in [-0.3, -0.25) is 0 Å². The maximum atomic E-state index is 12.7. The molecule has 0 saturated heterocycles. The number of thiazole rings is 1. The lowest BCUT2D eigenvalue weighted by Crippen LogP contribution is -2.10. The normalized spacial score (nSPS) is 11.8. The molecule has 0 saturated carbocycles. The van der Waals surface area contributed by atoms with Gasteiger partial charge in [0.1, 0.15) is 10.8 Å². The molecular weight excluding hydrogens is 265 g/mol. The van der Waals surface area contributed by atoms with Crippen LogP contribution in [0.4, 0.5) is 13.2 Å². The molecule has 3 nitrogen and oxygen atoms in total. The third-order valence-corrected chi connectivity index (χ3v) is 3.37. The van der Waals surface area contributed by atoms with Gasteiger partial charge in [-0.2, -0.15) is 13.2 Å². The Hall–Kier alpha value is -1.60. The molecule has 2 rings (SSSR count). The zero-order valence-electron chi connectivity index (χ0n) is 9.03. The van der Waals surface area contributed by atoms with Crippen LogP contribution in [0.5, 0.6) is 5.75 Å².